The van der Waals surface area contributed by atoms with Gasteiger partial charge < -0.3 is 0 Å². The largest absolute Gasteiger partial charge is 0.255 e. The van der Waals surface area contributed by atoms with Crippen molar-refractivity contribution in [2.24, 2.45) is 0 Å². The molecule has 0 N–H and O–H groups in total. The highest BCUT2D eigenvalue weighted by atomic mass is 35.5. The zero-order valence-corrected chi connectivity index (χ0v) is 9.16. The van der Waals surface area contributed by atoms with Crippen LogP contribution in [0.5, 0.6) is 0 Å². The van der Waals surface area contributed by atoms with Crippen molar-refractivity contribution in [1.29, 1.82) is 0 Å². The standard InChI is InChI=1S/C9H7NS.2ClH/c1-2-6-10-8(4-1)9-5-3-7-11-9;;/h1-7H;2*1H. The van der Waals surface area contributed by atoms with Gasteiger partial charge in [0.15, 0.2) is 0 Å². The fourth-order valence-electron chi connectivity index (χ4n) is 0.933. The van der Waals surface area contributed by atoms with Crippen LogP contribution in [-0.4, -0.2) is 4.98 Å². The lowest BCUT2D eigenvalue weighted by Crippen LogP contribution is -1.75. The van der Waals surface area contributed by atoms with Crippen LogP contribution >= 0.6 is 36.2 Å². The van der Waals surface area contributed by atoms with E-state index in [4.69, 9.17) is 0 Å². The smallest absolute Gasteiger partial charge is 0.0801 e. The SMILES string of the molecule is Cl.Cl.c1ccc(-c2cccs2)nc1. The molecule has 0 aromatic carbocycles. The fourth-order valence-corrected chi connectivity index (χ4v) is 1.64. The first-order valence-corrected chi connectivity index (χ1v) is 4.30. The molecule has 0 saturated carbocycles. The number of hydrogen-bond donors (Lipinski definition) is 0. The van der Waals surface area contributed by atoms with Gasteiger partial charge in [0, 0.05) is 6.20 Å². The Morgan fingerprint density at radius 2 is 1.85 bits per heavy atom. The molecular weight excluding hydrogens is 225 g/mol. The summed E-state index contributed by atoms with van der Waals surface area (Å²) in [6, 6.07) is 10.1. The van der Waals surface area contributed by atoms with Crippen molar-refractivity contribution in [1.82, 2.24) is 4.98 Å². The molecule has 0 aliphatic heterocycles. The van der Waals surface area contributed by atoms with Crippen molar-refractivity contribution in [3.63, 3.8) is 0 Å². The summed E-state index contributed by atoms with van der Waals surface area (Å²) >= 11 is 1.71. The summed E-state index contributed by atoms with van der Waals surface area (Å²) in [7, 11) is 0. The van der Waals surface area contributed by atoms with Gasteiger partial charge in [0.2, 0.25) is 0 Å². The molecule has 2 aromatic rings. The lowest BCUT2D eigenvalue weighted by Gasteiger charge is -1.92. The zero-order chi connectivity index (χ0) is 7.52. The maximum atomic E-state index is 4.23. The Labute approximate surface area is 93.7 Å². The lowest BCUT2D eigenvalue weighted by molar-refractivity contribution is 1.34. The summed E-state index contributed by atoms with van der Waals surface area (Å²) in [5, 5.41) is 2.06. The number of thiophene rings is 1. The van der Waals surface area contributed by atoms with E-state index < -0.39 is 0 Å². The Morgan fingerprint density at radius 1 is 1.00 bits per heavy atom. The number of nitrogens with zero attached hydrogens (tertiary/aromatic N) is 1. The predicted molar refractivity (Wildman–Crippen MR) is 62.0 cm³/mol. The summed E-state index contributed by atoms with van der Waals surface area (Å²) in [6.07, 6.45) is 1.81. The predicted octanol–water partition coefficient (Wildman–Crippen LogP) is 3.65. The first kappa shape index (κ1) is 12.4. The van der Waals surface area contributed by atoms with Gasteiger partial charge in [0.25, 0.3) is 0 Å². The minimum Gasteiger partial charge on any atom is -0.255 e. The molecule has 0 amide bonds. The molecule has 0 aliphatic rings. The monoisotopic (exact) mass is 233 g/mol. The van der Waals surface area contributed by atoms with Gasteiger partial charge in [-0.25, -0.2) is 0 Å². The van der Waals surface area contributed by atoms with Crippen LogP contribution in [0.15, 0.2) is 41.9 Å². The Balaban J connectivity index is 0.000000720. The number of aromatic nitrogens is 1. The summed E-state index contributed by atoms with van der Waals surface area (Å²) in [4.78, 5) is 5.46. The highest BCUT2D eigenvalue weighted by Crippen LogP contribution is 2.21. The van der Waals surface area contributed by atoms with Gasteiger partial charge in [-0.2, -0.15) is 0 Å². The van der Waals surface area contributed by atoms with Crippen LogP contribution in [0.4, 0.5) is 0 Å². The molecule has 2 aromatic heterocycles. The van der Waals surface area contributed by atoms with E-state index in [9.17, 15) is 0 Å². The van der Waals surface area contributed by atoms with Crippen molar-refractivity contribution in [2.45, 2.75) is 0 Å². The molecule has 0 fully saturated rings. The van der Waals surface area contributed by atoms with E-state index >= 15 is 0 Å². The van der Waals surface area contributed by atoms with E-state index in [1.165, 1.54) is 4.88 Å². The van der Waals surface area contributed by atoms with Gasteiger partial charge in [-0.15, -0.1) is 36.2 Å². The van der Waals surface area contributed by atoms with Crippen molar-refractivity contribution in [2.75, 3.05) is 0 Å². The summed E-state index contributed by atoms with van der Waals surface area (Å²) in [5.41, 5.74) is 1.06. The molecule has 0 unspecified atom stereocenters. The number of pyridine rings is 1. The third kappa shape index (κ3) is 2.99. The van der Waals surface area contributed by atoms with Gasteiger partial charge in [-0.3, -0.25) is 4.98 Å². The maximum Gasteiger partial charge on any atom is 0.0801 e. The van der Waals surface area contributed by atoms with E-state index in [-0.39, 0.29) is 24.8 Å². The van der Waals surface area contributed by atoms with Gasteiger partial charge >= 0.3 is 0 Å². The topological polar surface area (TPSA) is 12.9 Å². The molecule has 2 heterocycles. The van der Waals surface area contributed by atoms with Crippen LogP contribution in [0.25, 0.3) is 10.6 Å². The molecule has 0 bridgehead atoms. The first-order valence-electron chi connectivity index (χ1n) is 3.42. The van der Waals surface area contributed by atoms with Crippen LogP contribution < -0.4 is 0 Å². The third-order valence-electron chi connectivity index (χ3n) is 1.44. The Bertz CT molecular complexity index is 321. The fraction of sp³-hybridized carbons (Fsp3) is 0. The molecule has 0 atom stereocenters. The maximum absolute atomic E-state index is 4.23. The van der Waals surface area contributed by atoms with E-state index in [0.29, 0.717) is 0 Å². The second-order valence-corrected chi connectivity index (χ2v) is 3.14. The molecule has 0 aliphatic carbocycles. The molecule has 4 heteroatoms. The number of rotatable bonds is 1. The Kier molecular flexibility index (Phi) is 5.71. The van der Waals surface area contributed by atoms with Crippen LogP contribution in [0, 0.1) is 0 Å². The van der Waals surface area contributed by atoms with E-state index in [1.807, 2.05) is 30.5 Å². The second kappa shape index (κ2) is 5.97. The van der Waals surface area contributed by atoms with Crippen LogP contribution in [0.2, 0.25) is 0 Å². The molecule has 0 spiro atoms. The zero-order valence-electron chi connectivity index (χ0n) is 6.71. The third-order valence-corrected chi connectivity index (χ3v) is 2.33. The Morgan fingerprint density at radius 3 is 2.38 bits per heavy atom. The summed E-state index contributed by atoms with van der Waals surface area (Å²) < 4.78 is 0. The Hall–Kier alpha value is -0.570. The number of hydrogen-bond acceptors (Lipinski definition) is 2. The van der Waals surface area contributed by atoms with Crippen LogP contribution in [0.3, 0.4) is 0 Å². The van der Waals surface area contributed by atoms with Crippen molar-refractivity contribution in [3.8, 4) is 10.6 Å². The average molecular weight is 234 g/mol. The average Bonchev–Trinajstić information content (AvgIpc) is 2.58. The molecule has 1 nitrogen and oxygen atoms in total. The van der Waals surface area contributed by atoms with Gasteiger partial charge in [0.1, 0.15) is 0 Å². The normalized spacial score (nSPS) is 8.31. The van der Waals surface area contributed by atoms with Crippen molar-refractivity contribution < 1.29 is 0 Å². The second-order valence-electron chi connectivity index (χ2n) is 2.19. The molecule has 0 radical (unpaired) electrons. The quantitative estimate of drug-likeness (QED) is 0.733. The minimum absolute atomic E-state index is 0. The molecule has 13 heavy (non-hydrogen) atoms. The van der Waals surface area contributed by atoms with E-state index in [2.05, 4.69) is 16.4 Å². The highest BCUT2D eigenvalue weighted by Gasteiger charge is 1.95. The summed E-state index contributed by atoms with van der Waals surface area (Å²) in [6.45, 7) is 0. The highest BCUT2D eigenvalue weighted by molar-refractivity contribution is 7.13. The van der Waals surface area contributed by atoms with Gasteiger partial charge in [0.05, 0.1) is 10.6 Å². The van der Waals surface area contributed by atoms with Crippen LogP contribution in [-0.2, 0) is 0 Å². The summed E-state index contributed by atoms with van der Waals surface area (Å²) in [5.74, 6) is 0. The van der Waals surface area contributed by atoms with Gasteiger partial charge in [-0.05, 0) is 23.6 Å². The van der Waals surface area contributed by atoms with Crippen molar-refractivity contribution in [3.05, 3.63) is 41.9 Å². The minimum atomic E-state index is 0. The lowest BCUT2D eigenvalue weighted by atomic mass is 10.3. The van der Waals surface area contributed by atoms with E-state index in [1.54, 1.807) is 11.3 Å². The molecule has 70 valence electrons. The van der Waals surface area contributed by atoms with Gasteiger partial charge in [-0.1, -0.05) is 12.1 Å². The number of halogens is 2. The molecule has 2 rings (SSSR count). The van der Waals surface area contributed by atoms with E-state index in [0.717, 1.165) is 5.69 Å². The molecule has 0 saturated heterocycles. The van der Waals surface area contributed by atoms with Crippen molar-refractivity contribution >= 4 is 36.2 Å². The molecular formula is C9H9Cl2NS. The first-order chi connectivity index (χ1) is 5.47. The van der Waals surface area contributed by atoms with Crippen LogP contribution in [0.1, 0.15) is 0 Å².